The van der Waals surface area contributed by atoms with Gasteiger partial charge in [-0.2, -0.15) is 0 Å². The van der Waals surface area contributed by atoms with Gasteiger partial charge in [-0.15, -0.1) is 0 Å². The van der Waals surface area contributed by atoms with Crippen molar-refractivity contribution in [1.29, 1.82) is 0 Å². The summed E-state index contributed by atoms with van der Waals surface area (Å²) in [6, 6.07) is 1.70. The Hall–Kier alpha value is -2.11. The van der Waals surface area contributed by atoms with Crippen molar-refractivity contribution >= 4 is 11.6 Å². The van der Waals surface area contributed by atoms with Crippen molar-refractivity contribution in [3.63, 3.8) is 0 Å². The summed E-state index contributed by atoms with van der Waals surface area (Å²) in [6.07, 6.45) is 5.79. The number of nitrogens with one attached hydrogen (secondary N) is 2. The normalized spacial score (nSPS) is 10.1. The van der Waals surface area contributed by atoms with Gasteiger partial charge in [0.1, 0.15) is 23.8 Å². The van der Waals surface area contributed by atoms with Crippen LogP contribution in [0.15, 0.2) is 24.8 Å². The summed E-state index contributed by atoms with van der Waals surface area (Å²) in [6.45, 7) is 0.754. The minimum Gasteiger partial charge on any atom is -0.384 e. The molecule has 0 unspecified atom stereocenters. The summed E-state index contributed by atoms with van der Waals surface area (Å²) >= 11 is 0. The number of aromatic nitrogens is 4. The molecule has 4 N–H and O–H groups in total. The number of nitrogens with zero attached hydrogens (tertiary/aromatic N) is 3. The largest absolute Gasteiger partial charge is 0.384 e. The van der Waals surface area contributed by atoms with Crippen LogP contribution in [0.3, 0.4) is 0 Å². The SMILES string of the molecule is Nc1cc(NCCc2ncc[nH]2)ncn1. The minimum atomic E-state index is 0.463. The maximum absolute atomic E-state index is 5.52. The molecule has 0 aromatic carbocycles. The quantitative estimate of drug-likeness (QED) is 0.671. The van der Waals surface area contributed by atoms with Crippen LogP contribution in [-0.2, 0) is 6.42 Å². The number of hydrogen-bond donors (Lipinski definition) is 3. The van der Waals surface area contributed by atoms with Crippen molar-refractivity contribution in [3.8, 4) is 0 Å². The zero-order chi connectivity index (χ0) is 10.5. The summed E-state index contributed by atoms with van der Waals surface area (Å²) in [5.41, 5.74) is 5.52. The van der Waals surface area contributed by atoms with Crippen LogP contribution in [0.4, 0.5) is 11.6 Å². The molecule has 0 atom stereocenters. The number of hydrogen-bond acceptors (Lipinski definition) is 5. The van der Waals surface area contributed by atoms with Crippen molar-refractivity contribution in [1.82, 2.24) is 19.9 Å². The van der Waals surface area contributed by atoms with Crippen molar-refractivity contribution in [3.05, 3.63) is 30.6 Å². The van der Waals surface area contributed by atoms with Gasteiger partial charge in [0.25, 0.3) is 0 Å². The van der Waals surface area contributed by atoms with Crippen molar-refractivity contribution in [2.45, 2.75) is 6.42 Å². The highest BCUT2D eigenvalue weighted by Gasteiger charge is 1.96. The summed E-state index contributed by atoms with van der Waals surface area (Å²) in [4.78, 5) is 15.0. The number of nitrogen functional groups attached to an aromatic ring is 1. The Balaban J connectivity index is 1.83. The first-order valence-corrected chi connectivity index (χ1v) is 4.64. The van der Waals surface area contributed by atoms with E-state index in [0.717, 1.165) is 24.6 Å². The first-order chi connectivity index (χ1) is 7.34. The smallest absolute Gasteiger partial charge is 0.131 e. The molecule has 2 aromatic heterocycles. The van der Waals surface area contributed by atoms with Crippen LogP contribution in [0.2, 0.25) is 0 Å². The lowest BCUT2D eigenvalue weighted by Gasteiger charge is -2.03. The van der Waals surface area contributed by atoms with E-state index in [9.17, 15) is 0 Å². The highest BCUT2D eigenvalue weighted by atomic mass is 15.0. The van der Waals surface area contributed by atoms with E-state index in [1.807, 2.05) is 0 Å². The molecular weight excluding hydrogens is 192 g/mol. The van der Waals surface area contributed by atoms with Gasteiger partial charge in [-0.05, 0) is 0 Å². The zero-order valence-electron chi connectivity index (χ0n) is 8.14. The first kappa shape index (κ1) is 9.45. The molecule has 2 heterocycles. The predicted molar refractivity (Wildman–Crippen MR) is 57.2 cm³/mol. The second-order valence-corrected chi connectivity index (χ2v) is 3.04. The van der Waals surface area contributed by atoms with Gasteiger partial charge >= 0.3 is 0 Å². The standard InChI is InChI=1S/C9H12N6/c10-7-5-9(15-6-14-7)11-2-1-8-12-3-4-13-8/h3-6H,1-2H2,(H,12,13)(H3,10,11,14,15). The minimum absolute atomic E-state index is 0.463. The molecule has 6 heteroatoms. The summed E-state index contributed by atoms with van der Waals surface area (Å²) in [7, 11) is 0. The fraction of sp³-hybridized carbons (Fsp3) is 0.222. The Labute approximate surface area is 87.0 Å². The predicted octanol–water partition coefficient (Wildman–Crippen LogP) is 0.436. The van der Waals surface area contributed by atoms with Gasteiger partial charge in [-0.1, -0.05) is 0 Å². The van der Waals surface area contributed by atoms with Gasteiger partial charge in [0.05, 0.1) is 0 Å². The second kappa shape index (κ2) is 4.41. The number of anilines is 2. The van der Waals surface area contributed by atoms with E-state index in [1.165, 1.54) is 6.33 Å². The number of aromatic amines is 1. The highest BCUT2D eigenvalue weighted by Crippen LogP contribution is 2.04. The second-order valence-electron chi connectivity index (χ2n) is 3.04. The van der Waals surface area contributed by atoms with Crippen molar-refractivity contribution < 1.29 is 0 Å². The van der Waals surface area contributed by atoms with Crippen LogP contribution in [0.25, 0.3) is 0 Å². The van der Waals surface area contributed by atoms with E-state index in [1.54, 1.807) is 18.5 Å². The van der Waals surface area contributed by atoms with Crippen LogP contribution in [0.1, 0.15) is 5.82 Å². The number of nitrogens with two attached hydrogens (primary N) is 1. The maximum atomic E-state index is 5.52. The summed E-state index contributed by atoms with van der Waals surface area (Å²) in [5.74, 6) is 2.14. The average Bonchev–Trinajstić information content (AvgIpc) is 2.71. The lowest BCUT2D eigenvalue weighted by atomic mass is 10.4. The van der Waals surface area contributed by atoms with Gasteiger partial charge in [-0.25, -0.2) is 15.0 Å². The molecule has 0 amide bonds. The third-order valence-corrected chi connectivity index (χ3v) is 1.91. The Bertz CT molecular complexity index is 410. The molecule has 2 rings (SSSR count). The first-order valence-electron chi connectivity index (χ1n) is 4.64. The van der Waals surface area contributed by atoms with Gasteiger partial charge in [0, 0.05) is 31.4 Å². The van der Waals surface area contributed by atoms with Crippen LogP contribution < -0.4 is 11.1 Å². The van der Waals surface area contributed by atoms with Crippen LogP contribution in [0.5, 0.6) is 0 Å². The fourth-order valence-electron chi connectivity index (χ4n) is 1.21. The molecule has 0 aliphatic rings. The Morgan fingerprint density at radius 3 is 3.00 bits per heavy atom. The average molecular weight is 204 g/mol. The molecule has 0 radical (unpaired) electrons. The van der Waals surface area contributed by atoms with Crippen molar-refractivity contribution in [2.24, 2.45) is 0 Å². The van der Waals surface area contributed by atoms with Crippen molar-refractivity contribution in [2.75, 3.05) is 17.6 Å². The van der Waals surface area contributed by atoms with Gasteiger partial charge in [0.15, 0.2) is 0 Å². The van der Waals surface area contributed by atoms with Gasteiger partial charge < -0.3 is 16.0 Å². The van der Waals surface area contributed by atoms with Crippen LogP contribution in [0, 0.1) is 0 Å². The molecule has 0 fully saturated rings. The fourth-order valence-corrected chi connectivity index (χ4v) is 1.21. The molecule has 2 aromatic rings. The maximum Gasteiger partial charge on any atom is 0.131 e. The Morgan fingerprint density at radius 1 is 1.33 bits per heavy atom. The molecule has 0 bridgehead atoms. The molecule has 0 saturated carbocycles. The topological polar surface area (TPSA) is 92.5 Å². The Morgan fingerprint density at radius 2 is 2.27 bits per heavy atom. The monoisotopic (exact) mass is 204 g/mol. The van der Waals surface area contributed by atoms with Crippen LogP contribution >= 0.6 is 0 Å². The lowest BCUT2D eigenvalue weighted by Crippen LogP contribution is -2.07. The molecule has 6 nitrogen and oxygen atoms in total. The van der Waals surface area contributed by atoms with Gasteiger partial charge in [-0.3, -0.25) is 0 Å². The Kier molecular flexibility index (Phi) is 2.77. The van der Waals surface area contributed by atoms with E-state index in [-0.39, 0.29) is 0 Å². The summed E-state index contributed by atoms with van der Waals surface area (Å²) in [5, 5.41) is 3.13. The number of H-pyrrole nitrogens is 1. The molecule has 0 aliphatic carbocycles. The molecule has 0 spiro atoms. The van der Waals surface area contributed by atoms with E-state index >= 15 is 0 Å². The number of imidazole rings is 1. The van der Waals surface area contributed by atoms with E-state index in [0.29, 0.717) is 5.82 Å². The third-order valence-electron chi connectivity index (χ3n) is 1.91. The van der Waals surface area contributed by atoms with Crippen LogP contribution in [-0.4, -0.2) is 26.5 Å². The summed E-state index contributed by atoms with van der Waals surface area (Å²) < 4.78 is 0. The third kappa shape index (κ3) is 2.67. The van der Waals surface area contributed by atoms with Gasteiger partial charge in [0.2, 0.25) is 0 Å². The number of rotatable bonds is 4. The molecule has 0 saturated heterocycles. The van der Waals surface area contributed by atoms with E-state index in [4.69, 9.17) is 5.73 Å². The molecule has 15 heavy (non-hydrogen) atoms. The zero-order valence-corrected chi connectivity index (χ0v) is 8.14. The molecular formula is C9H12N6. The molecule has 78 valence electrons. The van der Waals surface area contributed by atoms with E-state index < -0.39 is 0 Å². The van der Waals surface area contributed by atoms with E-state index in [2.05, 4.69) is 25.3 Å². The molecule has 0 aliphatic heterocycles. The lowest BCUT2D eigenvalue weighted by molar-refractivity contribution is 0.920. The highest BCUT2D eigenvalue weighted by molar-refractivity contribution is 5.43.